The van der Waals surface area contributed by atoms with Crippen LogP contribution in [0.4, 0.5) is 17.5 Å². The van der Waals surface area contributed by atoms with Gasteiger partial charge >= 0.3 is 5.69 Å². The molecule has 1 aliphatic rings. The normalized spacial score (nSPS) is 25.6. The Morgan fingerprint density at radius 1 is 1.57 bits per heavy atom. The number of rotatable bonds is 4. The minimum atomic E-state index is -0.588. The van der Waals surface area contributed by atoms with Crippen LogP contribution in [-0.4, -0.2) is 32.1 Å². The van der Waals surface area contributed by atoms with Crippen molar-refractivity contribution in [3.05, 3.63) is 15.8 Å². The highest BCUT2D eigenvalue weighted by atomic mass is 16.6. The van der Waals surface area contributed by atoms with Crippen molar-refractivity contribution in [3.63, 3.8) is 0 Å². The summed E-state index contributed by atoms with van der Waals surface area (Å²) in [6.45, 7) is 3.53. The van der Waals surface area contributed by atoms with E-state index in [1.165, 1.54) is 6.92 Å². The fraction of sp³-hybridized carbons (Fsp3) is 0.692. The molecule has 2 unspecified atom stereocenters. The van der Waals surface area contributed by atoms with E-state index >= 15 is 0 Å². The third kappa shape index (κ3) is 3.21. The minimum Gasteiger partial charge on any atom is -0.394 e. The second kappa shape index (κ2) is 5.80. The van der Waals surface area contributed by atoms with Gasteiger partial charge in [-0.05, 0) is 25.7 Å². The maximum atomic E-state index is 11.2. The van der Waals surface area contributed by atoms with E-state index in [1.807, 2.05) is 0 Å². The number of aryl methyl sites for hydroxylation is 1. The summed E-state index contributed by atoms with van der Waals surface area (Å²) in [6, 6.07) is 0. The third-order valence-corrected chi connectivity index (χ3v) is 4.04. The van der Waals surface area contributed by atoms with Crippen molar-refractivity contribution in [1.29, 1.82) is 0 Å². The zero-order valence-corrected chi connectivity index (χ0v) is 12.3. The fourth-order valence-electron chi connectivity index (χ4n) is 3.10. The Bertz CT molecular complexity index is 551. The Kier molecular flexibility index (Phi) is 4.26. The maximum Gasteiger partial charge on any atom is 0.332 e. The Morgan fingerprint density at radius 3 is 2.86 bits per heavy atom. The number of nitrogens with zero attached hydrogens (tertiary/aromatic N) is 3. The smallest absolute Gasteiger partial charge is 0.332 e. The zero-order chi connectivity index (χ0) is 15.6. The molecular weight excluding hydrogens is 274 g/mol. The lowest BCUT2D eigenvalue weighted by molar-refractivity contribution is -0.385. The van der Waals surface area contributed by atoms with Gasteiger partial charge in [-0.25, -0.2) is 4.98 Å². The topological polar surface area (TPSA) is 127 Å². The number of aliphatic hydroxyl groups is 1. The second-order valence-corrected chi connectivity index (χ2v) is 5.89. The summed E-state index contributed by atoms with van der Waals surface area (Å²) in [7, 11) is 0. The van der Waals surface area contributed by atoms with Crippen molar-refractivity contribution in [1.82, 2.24) is 9.97 Å². The molecule has 1 aromatic rings. The molecule has 8 nitrogen and oxygen atoms in total. The van der Waals surface area contributed by atoms with E-state index < -0.39 is 10.5 Å². The van der Waals surface area contributed by atoms with Crippen LogP contribution in [0.2, 0.25) is 0 Å². The van der Waals surface area contributed by atoms with Gasteiger partial charge in [0.25, 0.3) is 0 Å². The zero-order valence-electron chi connectivity index (χ0n) is 12.3. The molecule has 0 amide bonds. The van der Waals surface area contributed by atoms with E-state index in [9.17, 15) is 15.2 Å². The first-order chi connectivity index (χ1) is 9.87. The molecule has 1 saturated carbocycles. The summed E-state index contributed by atoms with van der Waals surface area (Å²) in [6.07, 6.45) is 3.54. The summed E-state index contributed by atoms with van der Waals surface area (Å²) in [5, 5.41) is 24.1. The Morgan fingerprint density at radius 2 is 2.29 bits per heavy atom. The minimum absolute atomic E-state index is 0.0162. The Balaban J connectivity index is 2.39. The van der Waals surface area contributed by atoms with Gasteiger partial charge in [0.1, 0.15) is 5.69 Å². The molecule has 1 aromatic heterocycles. The number of aromatic nitrogens is 2. The molecule has 0 aliphatic heterocycles. The summed E-state index contributed by atoms with van der Waals surface area (Å²) < 4.78 is 0. The predicted octanol–water partition coefficient (Wildman–Crippen LogP) is 1.63. The number of anilines is 2. The molecule has 0 bridgehead atoms. The highest BCUT2D eigenvalue weighted by molar-refractivity contribution is 5.61. The number of nitrogen functional groups attached to an aromatic ring is 1. The largest absolute Gasteiger partial charge is 0.394 e. The first-order valence-electron chi connectivity index (χ1n) is 7.04. The molecule has 2 atom stereocenters. The fourth-order valence-corrected chi connectivity index (χ4v) is 3.10. The second-order valence-electron chi connectivity index (χ2n) is 5.89. The molecular formula is C13H21N5O3. The van der Waals surface area contributed by atoms with E-state index in [0.717, 1.165) is 25.7 Å². The molecule has 0 radical (unpaired) electrons. The van der Waals surface area contributed by atoms with Crippen LogP contribution in [0.15, 0.2) is 0 Å². The Hall–Kier alpha value is -1.96. The number of nitrogens with one attached hydrogen (secondary N) is 1. The first kappa shape index (κ1) is 15.4. The number of nitrogens with two attached hydrogens (primary N) is 1. The molecule has 2 rings (SSSR count). The molecule has 0 saturated heterocycles. The highest BCUT2D eigenvalue weighted by Gasteiger charge is 2.37. The van der Waals surface area contributed by atoms with Crippen LogP contribution in [0.1, 0.15) is 38.3 Å². The summed E-state index contributed by atoms with van der Waals surface area (Å²) >= 11 is 0. The van der Waals surface area contributed by atoms with Gasteiger partial charge in [0.2, 0.25) is 11.8 Å². The lowest BCUT2D eigenvalue weighted by Gasteiger charge is -2.39. The predicted molar refractivity (Wildman–Crippen MR) is 78.9 cm³/mol. The van der Waals surface area contributed by atoms with Crippen molar-refractivity contribution in [3.8, 4) is 0 Å². The average molecular weight is 295 g/mol. The lowest BCUT2D eigenvalue weighted by atomic mass is 9.77. The number of nitro groups is 1. The standard InChI is InChI=1S/C13H21N5O3/c1-8-4-3-5-13(6-8,7-19)17-11-10(18(20)21)9(2)15-12(14)16-11/h8,19H,3-7H2,1-2H3,(H3,14,15,16,17). The Labute approximate surface area is 122 Å². The molecule has 0 aromatic carbocycles. The molecule has 116 valence electrons. The van der Waals surface area contributed by atoms with Crippen molar-refractivity contribution in [2.75, 3.05) is 17.7 Å². The van der Waals surface area contributed by atoms with Crippen LogP contribution in [0, 0.1) is 23.0 Å². The van der Waals surface area contributed by atoms with Crippen LogP contribution < -0.4 is 11.1 Å². The monoisotopic (exact) mass is 295 g/mol. The van der Waals surface area contributed by atoms with Crippen LogP contribution in [-0.2, 0) is 0 Å². The molecule has 0 spiro atoms. The molecule has 1 aliphatic carbocycles. The lowest BCUT2D eigenvalue weighted by Crippen LogP contribution is -2.46. The van der Waals surface area contributed by atoms with E-state index in [0.29, 0.717) is 5.92 Å². The maximum absolute atomic E-state index is 11.2. The number of aliphatic hydroxyl groups excluding tert-OH is 1. The van der Waals surface area contributed by atoms with E-state index in [1.54, 1.807) is 0 Å². The van der Waals surface area contributed by atoms with E-state index in [2.05, 4.69) is 22.2 Å². The van der Waals surface area contributed by atoms with Gasteiger partial charge in [-0.3, -0.25) is 10.1 Å². The highest BCUT2D eigenvalue weighted by Crippen LogP contribution is 2.37. The van der Waals surface area contributed by atoms with Gasteiger partial charge in [-0.1, -0.05) is 19.8 Å². The van der Waals surface area contributed by atoms with Gasteiger partial charge < -0.3 is 16.2 Å². The van der Waals surface area contributed by atoms with E-state index in [4.69, 9.17) is 5.73 Å². The van der Waals surface area contributed by atoms with Crippen molar-refractivity contribution in [2.24, 2.45) is 5.92 Å². The summed E-state index contributed by atoms with van der Waals surface area (Å²) in [5.74, 6) is 0.517. The van der Waals surface area contributed by atoms with Gasteiger partial charge in [0.05, 0.1) is 17.1 Å². The molecule has 8 heteroatoms. The van der Waals surface area contributed by atoms with Crippen molar-refractivity contribution < 1.29 is 10.0 Å². The third-order valence-electron chi connectivity index (χ3n) is 4.04. The van der Waals surface area contributed by atoms with Gasteiger partial charge in [-0.2, -0.15) is 4.98 Å². The first-order valence-corrected chi connectivity index (χ1v) is 7.04. The van der Waals surface area contributed by atoms with Crippen molar-refractivity contribution in [2.45, 2.75) is 45.1 Å². The summed E-state index contributed by atoms with van der Waals surface area (Å²) in [4.78, 5) is 18.5. The van der Waals surface area contributed by atoms with Crippen LogP contribution in [0.3, 0.4) is 0 Å². The van der Waals surface area contributed by atoms with Crippen molar-refractivity contribution >= 4 is 17.5 Å². The SMILES string of the molecule is Cc1nc(N)nc(NC2(CO)CCCC(C)C2)c1[N+](=O)[O-]. The molecule has 1 fully saturated rings. The van der Waals surface area contributed by atoms with Crippen LogP contribution in [0.5, 0.6) is 0 Å². The van der Waals surface area contributed by atoms with Gasteiger partial charge in [-0.15, -0.1) is 0 Å². The molecule has 1 heterocycles. The number of hydrogen-bond donors (Lipinski definition) is 3. The van der Waals surface area contributed by atoms with Crippen LogP contribution >= 0.6 is 0 Å². The van der Waals surface area contributed by atoms with Crippen LogP contribution in [0.25, 0.3) is 0 Å². The quantitative estimate of drug-likeness (QED) is 0.569. The summed E-state index contributed by atoms with van der Waals surface area (Å²) in [5.41, 5.74) is 5.04. The molecule has 21 heavy (non-hydrogen) atoms. The number of hydrogen-bond acceptors (Lipinski definition) is 7. The van der Waals surface area contributed by atoms with Gasteiger partial charge in [0, 0.05) is 0 Å². The average Bonchev–Trinajstić information content (AvgIpc) is 2.37. The van der Waals surface area contributed by atoms with E-state index in [-0.39, 0.29) is 29.8 Å². The van der Waals surface area contributed by atoms with Gasteiger partial charge in [0.15, 0.2) is 0 Å². The molecule has 4 N–H and O–H groups in total.